The van der Waals surface area contributed by atoms with Crippen molar-refractivity contribution < 1.29 is 15.0 Å². The summed E-state index contributed by atoms with van der Waals surface area (Å²) in [5, 5.41) is 22.2. The van der Waals surface area contributed by atoms with Crippen LogP contribution in [0.2, 0.25) is 0 Å². The van der Waals surface area contributed by atoms with Gasteiger partial charge in [0.2, 0.25) is 4.34 Å². The maximum absolute atomic E-state index is 11.9. The largest absolute Gasteiger partial charge is 0.872 e. The van der Waals surface area contributed by atoms with E-state index in [-0.39, 0.29) is 17.4 Å². The van der Waals surface area contributed by atoms with Crippen LogP contribution < -0.4 is 15.6 Å². The number of amides is 1. The third-order valence-corrected chi connectivity index (χ3v) is 6.84. The topological polar surface area (TPSA) is 91.6 Å². The zero-order chi connectivity index (χ0) is 19.8. The molecule has 144 valence electrons. The van der Waals surface area contributed by atoms with Crippen molar-refractivity contribution in [2.75, 3.05) is 5.75 Å². The molecule has 0 fully saturated rings. The first-order chi connectivity index (χ1) is 13.6. The lowest BCUT2D eigenvalue weighted by Crippen LogP contribution is -2.19. The third kappa shape index (κ3) is 6.66. The summed E-state index contributed by atoms with van der Waals surface area (Å²) in [6, 6.07) is 14.7. The van der Waals surface area contributed by atoms with Crippen molar-refractivity contribution in [1.29, 1.82) is 0 Å². The molecule has 3 rings (SSSR count). The van der Waals surface area contributed by atoms with Crippen LogP contribution in [0.15, 0.2) is 62.3 Å². The minimum atomic E-state index is -0.217. The molecule has 0 atom stereocenters. The first-order valence-electron chi connectivity index (χ1n) is 8.37. The number of aryl methyl sites for hydroxylation is 1. The molecule has 1 heterocycles. The Morgan fingerprint density at radius 3 is 2.71 bits per heavy atom. The van der Waals surface area contributed by atoms with Crippen molar-refractivity contribution in [2.24, 2.45) is 5.10 Å². The second-order valence-corrected chi connectivity index (χ2v) is 9.27. The Kier molecular flexibility index (Phi) is 7.46. The lowest BCUT2D eigenvalue weighted by molar-refractivity contribution is -0.492. The van der Waals surface area contributed by atoms with Crippen LogP contribution in [0, 0.1) is 6.92 Å². The molecular weight excluding hydrogens is 412 g/mol. The van der Waals surface area contributed by atoms with Gasteiger partial charge in [0, 0.05) is 10.9 Å². The molecule has 28 heavy (non-hydrogen) atoms. The molecule has 2 aromatic carbocycles. The smallest absolute Gasteiger partial charge is 0.323 e. The zero-order valence-electron chi connectivity index (χ0n) is 15.0. The second kappa shape index (κ2) is 10.3. The SMILES string of the molecule is Cc1ccc(CSc2[nH+]nc(SCC(=O)NN=Cc3ccc([O-])cc3)s2)cc1. The van der Waals surface area contributed by atoms with Crippen LogP contribution in [0.5, 0.6) is 5.75 Å². The Morgan fingerprint density at radius 2 is 1.96 bits per heavy atom. The van der Waals surface area contributed by atoms with Crippen LogP contribution >= 0.6 is 34.9 Å². The van der Waals surface area contributed by atoms with Crippen molar-refractivity contribution in [3.63, 3.8) is 0 Å². The Balaban J connectivity index is 1.40. The molecule has 0 aliphatic heterocycles. The molecule has 0 unspecified atom stereocenters. The normalized spacial score (nSPS) is 11.0. The first kappa shape index (κ1) is 20.4. The lowest BCUT2D eigenvalue weighted by Gasteiger charge is -2.02. The van der Waals surface area contributed by atoms with Gasteiger partial charge in [-0.15, -0.1) is 5.75 Å². The van der Waals surface area contributed by atoms with E-state index in [1.807, 2.05) is 0 Å². The third-order valence-electron chi connectivity index (χ3n) is 3.52. The molecule has 1 amide bonds. The highest BCUT2D eigenvalue weighted by Gasteiger charge is 2.13. The summed E-state index contributed by atoms with van der Waals surface area (Å²) in [5.41, 5.74) is 5.72. The van der Waals surface area contributed by atoms with Crippen LogP contribution in [-0.4, -0.2) is 23.0 Å². The number of nitrogens with zero attached hydrogens (tertiary/aromatic N) is 2. The number of carbonyl (C=O) groups excluding carboxylic acids is 1. The van der Waals surface area contributed by atoms with E-state index in [9.17, 15) is 9.90 Å². The lowest BCUT2D eigenvalue weighted by atomic mass is 10.2. The maximum atomic E-state index is 11.9. The molecule has 6 nitrogen and oxygen atoms in total. The predicted molar refractivity (Wildman–Crippen MR) is 112 cm³/mol. The summed E-state index contributed by atoms with van der Waals surface area (Å²) in [4.78, 5) is 11.9. The van der Waals surface area contributed by atoms with E-state index >= 15 is 0 Å². The van der Waals surface area contributed by atoms with Gasteiger partial charge >= 0.3 is 4.34 Å². The van der Waals surface area contributed by atoms with Gasteiger partial charge in [0.05, 0.1) is 12.0 Å². The van der Waals surface area contributed by atoms with E-state index in [4.69, 9.17) is 0 Å². The highest BCUT2D eigenvalue weighted by atomic mass is 32.2. The molecule has 0 spiro atoms. The Bertz CT molecular complexity index is 941. The highest BCUT2D eigenvalue weighted by Crippen LogP contribution is 2.28. The van der Waals surface area contributed by atoms with E-state index in [1.165, 1.54) is 52.6 Å². The summed E-state index contributed by atoms with van der Waals surface area (Å²) in [6.07, 6.45) is 1.50. The molecule has 0 radical (unpaired) electrons. The van der Waals surface area contributed by atoms with Crippen LogP contribution in [0.4, 0.5) is 0 Å². The summed E-state index contributed by atoms with van der Waals surface area (Å²) < 4.78 is 1.81. The molecule has 0 saturated carbocycles. The highest BCUT2D eigenvalue weighted by molar-refractivity contribution is 8.03. The standard InChI is InChI=1S/C19H18N4O2S3/c1-13-2-4-15(5-3-13)11-26-18-22-23-19(28-18)27-12-17(25)21-20-10-14-6-8-16(24)9-7-14/h2-10,24H,11-12H2,1H3,(H,21,25). The van der Waals surface area contributed by atoms with E-state index in [0.29, 0.717) is 0 Å². The minimum Gasteiger partial charge on any atom is -0.872 e. The Hall–Kier alpha value is -2.36. The summed E-state index contributed by atoms with van der Waals surface area (Å²) in [5.74, 6) is 0.811. The van der Waals surface area contributed by atoms with Gasteiger partial charge in [0.15, 0.2) is 0 Å². The van der Waals surface area contributed by atoms with Crippen LogP contribution in [0.3, 0.4) is 0 Å². The molecule has 0 bridgehead atoms. The fourth-order valence-corrected chi connectivity index (χ4v) is 4.91. The molecule has 3 aromatic rings. The van der Waals surface area contributed by atoms with Gasteiger partial charge in [0.1, 0.15) is 0 Å². The quantitative estimate of drug-likeness (QED) is 0.337. The van der Waals surface area contributed by atoms with Crippen LogP contribution in [0.1, 0.15) is 16.7 Å². The Morgan fingerprint density at radius 1 is 1.21 bits per heavy atom. The van der Waals surface area contributed by atoms with E-state index in [0.717, 1.165) is 20.0 Å². The maximum Gasteiger partial charge on any atom is 0.323 e. The zero-order valence-corrected chi connectivity index (χ0v) is 17.5. The average molecular weight is 431 g/mol. The number of thioether (sulfide) groups is 2. The van der Waals surface area contributed by atoms with Gasteiger partial charge in [0.25, 0.3) is 5.91 Å². The summed E-state index contributed by atoms with van der Waals surface area (Å²) in [6.45, 7) is 2.07. The van der Waals surface area contributed by atoms with Crippen molar-refractivity contribution >= 4 is 47.0 Å². The van der Waals surface area contributed by atoms with Crippen LogP contribution in [-0.2, 0) is 10.5 Å². The number of rotatable bonds is 8. The molecule has 0 aliphatic carbocycles. The van der Waals surface area contributed by atoms with Gasteiger partial charge in [-0.1, -0.05) is 71.0 Å². The van der Waals surface area contributed by atoms with Crippen molar-refractivity contribution in [2.45, 2.75) is 21.4 Å². The average Bonchev–Trinajstić information content (AvgIpc) is 3.15. The predicted octanol–water partition coefficient (Wildman–Crippen LogP) is 2.87. The van der Waals surface area contributed by atoms with Crippen molar-refractivity contribution in [3.8, 4) is 5.75 Å². The monoisotopic (exact) mass is 430 g/mol. The molecule has 1 aromatic heterocycles. The molecule has 2 N–H and O–H groups in total. The second-order valence-electron chi connectivity index (χ2n) is 5.80. The summed E-state index contributed by atoms with van der Waals surface area (Å²) >= 11 is 4.58. The van der Waals surface area contributed by atoms with E-state index < -0.39 is 0 Å². The fraction of sp³-hybridized carbons (Fsp3) is 0.158. The number of aromatic amines is 1. The first-order valence-corrected chi connectivity index (χ1v) is 11.2. The number of hydrogen-bond donors (Lipinski definition) is 1. The van der Waals surface area contributed by atoms with Crippen molar-refractivity contribution in [1.82, 2.24) is 10.5 Å². The van der Waals surface area contributed by atoms with E-state index in [1.54, 1.807) is 23.9 Å². The number of benzene rings is 2. The van der Waals surface area contributed by atoms with Gasteiger partial charge in [-0.3, -0.25) is 4.79 Å². The fourth-order valence-electron chi connectivity index (χ4n) is 2.07. The molecule has 9 heteroatoms. The van der Waals surface area contributed by atoms with Crippen molar-refractivity contribution in [3.05, 3.63) is 65.2 Å². The number of hydrazone groups is 1. The molecule has 0 aliphatic rings. The molecular formula is C19H18N4O2S3. The van der Waals surface area contributed by atoms with Gasteiger partial charge in [-0.2, -0.15) is 5.10 Å². The van der Waals surface area contributed by atoms with Crippen LogP contribution in [0.25, 0.3) is 0 Å². The number of nitrogens with one attached hydrogen (secondary N) is 2. The Labute approximate surface area is 175 Å². The van der Waals surface area contributed by atoms with Gasteiger partial charge < -0.3 is 5.11 Å². The number of hydrogen-bond acceptors (Lipinski definition) is 7. The summed E-state index contributed by atoms with van der Waals surface area (Å²) in [7, 11) is 0. The minimum absolute atomic E-state index is 0.0609. The van der Waals surface area contributed by atoms with E-state index in [2.05, 4.69) is 51.9 Å². The number of H-pyrrole nitrogens is 1. The van der Waals surface area contributed by atoms with Gasteiger partial charge in [-0.05, 0) is 41.1 Å². The number of aromatic nitrogens is 2. The number of carbonyl (C=O) groups is 1. The molecule has 0 saturated heterocycles. The van der Waals surface area contributed by atoms with Gasteiger partial charge in [-0.25, -0.2) is 5.43 Å².